The smallest absolute Gasteiger partial charge is 0.290 e. The molecular weight excluding hydrogens is 343 g/mol. The second kappa shape index (κ2) is 6.86. The van der Waals surface area contributed by atoms with Gasteiger partial charge in [-0.15, -0.1) is 11.3 Å². The minimum absolute atomic E-state index is 0.00702. The van der Waals surface area contributed by atoms with Crippen LogP contribution in [0.3, 0.4) is 0 Å². The molecule has 1 aromatic carbocycles. The molecule has 0 saturated heterocycles. The zero-order valence-electron chi connectivity index (χ0n) is 13.3. The topological polar surface area (TPSA) is 90.0 Å². The molecule has 3 N–H and O–H groups in total. The Balaban J connectivity index is 1.83. The normalized spacial score (nSPS) is 10.6. The van der Waals surface area contributed by atoms with Crippen LogP contribution in [0.4, 0.5) is 15.8 Å². The zero-order chi connectivity index (χ0) is 18.0. The second-order valence-corrected chi connectivity index (χ2v) is 6.38. The van der Waals surface area contributed by atoms with E-state index in [4.69, 9.17) is 5.73 Å². The lowest BCUT2D eigenvalue weighted by molar-refractivity contribution is -0.117. The van der Waals surface area contributed by atoms with Gasteiger partial charge in [0, 0.05) is 5.69 Å². The molecule has 0 bridgehead atoms. The van der Waals surface area contributed by atoms with E-state index in [2.05, 4.69) is 10.4 Å². The first kappa shape index (κ1) is 16.8. The number of amides is 1. The highest BCUT2D eigenvalue weighted by molar-refractivity contribution is 7.13. The predicted molar refractivity (Wildman–Crippen MR) is 96.0 cm³/mol. The van der Waals surface area contributed by atoms with Gasteiger partial charge < -0.3 is 11.1 Å². The molecule has 8 heteroatoms. The molecule has 6 nitrogen and oxygen atoms in total. The van der Waals surface area contributed by atoms with Gasteiger partial charge in [-0.25, -0.2) is 9.07 Å². The predicted octanol–water partition coefficient (Wildman–Crippen LogP) is 2.64. The number of carbonyl (C=O) groups is 1. The minimum Gasteiger partial charge on any atom is -0.394 e. The number of anilines is 2. The highest BCUT2D eigenvalue weighted by Crippen LogP contribution is 2.22. The molecule has 25 heavy (non-hydrogen) atoms. The standard InChI is InChI=1S/C17H15FN4O2S/c1-10-4-5-11(7-12(10)18)20-16(23)9-22-17(24)13(19)8-14(21-22)15-3-2-6-25-15/h2-8H,9,19H2,1H3,(H,20,23). The van der Waals surface area contributed by atoms with Crippen LogP contribution in [0, 0.1) is 12.7 Å². The third-order valence-electron chi connectivity index (χ3n) is 3.52. The number of nitrogens with two attached hydrogens (primary N) is 1. The SMILES string of the molecule is Cc1ccc(NC(=O)Cn2nc(-c3cccs3)cc(N)c2=O)cc1F. The Morgan fingerprint density at radius 2 is 2.16 bits per heavy atom. The first-order valence-corrected chi connectivity index (χ1v) is 8.29. The quantitative estimate of drug-likeness (QED) is 0.750. The van der Waals surface area contributed by atoms with Gasteiger partial charge in [-0.1, -0.05) is 12.1 Å². The summed E-state index contributed by atoms with van der Waals surface area (Å²) in [6.45, 7) is 1.31. The van der Waals surface area contributed by atoms with E-state index < -0.39 is 17.3 Å². The summed E-state index contributed by atoms with van der Waals surface area (Å²) < 4.78 is 14.6. The lowest BCUT2D eigenvalue weighted by Crippen LogP contribution is -2.31. The number of nitrogens with one attached hydrogen (secondary N) is 1. The molecule has 2 aromatic heterocycles. The Kier molecular flexibility index (Phi) is 4.62. The van der Waals surface area contributed by atoms with Gasteiger partial charge in [-0.05, 0) is 42.1 Å². The van der Waals surface area contributed by atoms with E-state index in [0.29, 0.717) is 16.9 Å². The number of benzene rings is 1. The Bertz CT molecular complexity index is 983. The molecule has 128 valence electrons. The van der Waals surface area contributed by atoms with Crippen molar-refractivity contribution in [2.24, 2.45) is 0 Å². The fourth-order valence-corrected chi connectivity index (χ4v) is 2.90. The van der Waals surface area contributed by atoms with Gasteiger partial charge in [0.1, 0.15) is 23.7 Å². The molecule has 3 aromatic rings. The average molecular weight is 358 g/mol. The minimum atomic E-state index is -0.550. The molecule has 0 aliphatic heterocycles. The molecular formula is C17H15FN4O2S. The Morgan fingerprint density at radius 1 is 1.36 bits per heavy atom. The summed E-state index contributed by atoms with van der Waals surface area (Å²) in [5.74, 6) is -0.919. The monoisotopic (exact) mass is 358 g/mol. The van der Waals surface area contributed by atoms with Crippen LogP contribution in [-0.4, -0.2) is 15.7 Å². The number of hydrogen-bond acceptors (Lipinski definition) is 5. The van der Waals surface area contributed by atoms with Gasteiger partial charge in [0.25, 0.3) is 5.56 Å². The van der Waals surface area contributed by atoms with Crippen LogP contribution in [0.1, 0.15) is 5.56 Å². The van der Waals surface area contributed by atoms with Crippen LogP contribution >= 0.6 is 11.3 Å². The van der Waals surface area contributed by atoms with Crippen molar-refractivity contribution in [3.8, 4) is 10.6 Å². The maximum Gasteiger partial charge on any atom is 0.290 e. The zero-order valence-corrected chi connectivity index (χ0v) is 14.1. The number of halogens is 1. The van der Waals surface area contributed by atoms with Gasteiger partial charge in [-0.2, -0.15) is 5.10 Å². The van der Waals surface area contributed by atoms with Crippen molar-refractivity contribution in [1.82, 2.24) is 9.78 Å². The van der Waals surface area contributed by atoms with E-state index in [1.807, 2.05) is 17.5 Å². The van der Waals surface area contributed by atoms with Crippen molar-refractivity contribution in [2.45, 2.75) is 13.5 Å². The van der Waals surface area contributed by atoms with Crippen LogP contribution in [0.2, 0.25) is 0 Å². The fourth-order valence-electron chi connectivity index (χ4n) is 2.22. The van der Waals surface area contributed by atoms with E-state index in [0.717, 1.165) is 9.56 Å². The Morgan fingerprint density at radius 3 is 2.84 bits per heavy atom. The number of rotatable bonds is 4. The molecule has 0 aliphatic carbocycles. The van der Waals surface area contributed by atoms with Crippen LogP contribution < -0.4 is 16.6 Å². The lowest BCUT2D eigenvalue weighted by atomic mass is 10.2. The van der Waals surface area contributed by atoms with Crippen molar-refractivity contribution in [3.63, 3.8) is 0 Å². The molecule has 0 spiro atoms. The number of aromatic nitrogens is 2. The van der Waals surface area contributed by atoms with Gasteiger partial charge in [-0.3, -0.25) is 9.59 Å². The van der Waals surface area contributed by atoms with Crippen molar-refractivity contribution in [3.05, 3.63) is 63.5 Å². The number of hydrogen-bond donors (Lipinski definition) is 2. The van der Waals surface area contributed by atoms with E-state index in [9.17, 15) is 14.0 Å². The van der Waals surface area contributed by atoms with Crippen molar-refractivity contribution >= 4 is 28.6 Å². The molecule has 0 unspecified atom stereocenters. The first-order chi connectivity index (χ1) is 11.9. The Labute approximate surface area is 146 Å². The molecule has 0 saturated carbocycles. The molecule has 3 rings (SSSR count). The van der Waals surface area contributed by atoms with Gasteiger partial charge in [0.05, 0.1) is 4.88 Å². The molecule has 0 aliphatic rings. The summed E-state index contributed by atoms with van der Waals surface area (Å²) in [7, 11) is 0. The molecule has 1 amide bonds. The van der Waals surface area contributed by atoms with Crippen molar-refractivity contribution in [1.29, 1.82) is 0 Å². The highest BCUT2D eigenvalue weighted by Gasteiger charge is 2.12. The van der Waals surface area contributed by atoms with Gasteiger partial charge in [0.15, 0.2) is 0 Å². The van der Waals surface area contributed by atoms with Crippen LogP contribution in [0.25, 0.3) is 10.6 Å². The summed E-state index contributed by atoms with van der Waals surface area (Å²) in [6, 6.07) is 9.55. The summed E-state index contributed by atoms with van der Waals surface area (Å²) in [5.41, 5.74) is 6.50. The molecule has 0 radical (unpaired) electrons. The number of nitrogens with zero attached hydrogens (tertiary/aromatic N) is 2. The van der Waals surface area contributed by atoms with E-state index in [1.54, 1.807) is 19.1 Å². The lowest BCUT2D eigenvalue weighted by Gasteiger charge is -2.09. The summed E-state index contributed by atoms with van der Waals surface area (Å²) in [5, 5.41) is 8.61. The average Bonchev–Trinajstić information content (AvgIpc) is 3.09. The van der Waals surface area contributed by atoms with E-state index in [-0.39, 0.29) is 12.2 Å². The summed E-state index contributed by atoms with van der Waals surface area (Å²) in [4.78, 5) is 25.1. The summed E-state index contributed by atoms with van der Waals surface area (Å²) in [6.07, 6.45) is 0. The molecule has 0 fully saturated rings. The van der Waals surface area contributed by atoms with Gasteiger partial charge in [0.2, 0.25) is 5.91 Å². The number of carbonyl (C=O) groups excluding carboxylic acids is 1. The summed E-state index contributed by atoms with van der Waals surface area (Å²) >= 11 is 1.45. The van der Waals surface area contributed by atoms with Crippen LogP contribution in [0.5, 0.6) is 0 Å². The Hall–Kier alpha value is -3.00. The first-order valence-electron chi connectivity index (χ1n) is 7.41. The molecule has 0 atom stereocenters. The fraction of sp³-hybridized carbons (Fsp3) is 0.118. The number of thiophene rings is 1. The van der Waals surface area contributed by atoms with Crippen LogP contribution in [0.15, 0.2) is 46.6 Å². The molecule has 2 heterocycles. The van der Waals surface area contributed by atoms with Gasteiger partial charge >= 0.3 is 0 Å². The van der Waals surface area contributed by atoms with E-state index >= 15 is 0 Å². The van der Waals surface area contributed by atoms with Crippen molar-refractivity contribution in [2.75, 3.05) is 11.1 Å². The third-order valence-corrected chi connectivity index (χ3v) is 4.42. The van der Waals surface area contributed by atoms with Crippen molar-refractivity contribution < 1.29 is 9.18 Å². The second-order valence-electron chi connectivity index (χ2n) is 5.44. The largest absolute Gasteiger partial charge is 0.394 e. The maximum absolute atomic E-state index is 13.5. The highest BCUT2D eigenvalue weighted by atomic mass is 32.1. The van der Waals surface area contributed by atoms with E-state index in [1.165, 1.54) is 23.5 Å². The third kappa shape index (κ3) is 3.74. The maximum atomic E-state index is 13.5. The number of aryl methyl sites for hydroxylation is 1. The number of nitrogen functional groups attached to an aromatic ring is 1. The van der Waals surface area contributed by atoms with Crippen LogP contribution in [-0.2, 0) is 11.3 Å².